The Kier molecular flexibility index (Phi) is 5.60. The Morgan fingerprint density at radius 3 is 2.03 bits per heavy atom. The van der Waals surface area contributed by atoms with Crippen LogP contribution < -0.4 is 4.90 Å². The molecule has 2 aliphatic heterocycles. The Labute approximate surface area is 184 Å². The second-order valence-electron chi connectivity index (χ2n) is 8.15. The van der Waals surface area contributed by atoms with Crippen LogP contribution in [0.2, 0.25) is 10.0 Å². The van der Waals surface area contributed by atoms with Crippen molar-refractivity contribution in [3.63, 3.8) is 0 Å². The van der Waals surface area contributed by atoms with Gasteiger partial charge < -0.3 is 4.90 Å². The van der Waals surface area contributed by atoms with Gasteiger partial charge in [-0.1, -0.05) is 49.2 Å². The number of hydrogen-bond donors (Lipinski definition) is 0. The van der Waals surface area contributed by atoms with Crippen LogP contribution in [0.5, 0.6) is 0 Å². The molecule has 4 nitrogen and oxygen atoms in total. The molecule has 1 saturated heterocycles. The summed E-state index contributed by atoms with van der Waals surface area (Å²) in [7, 11) is 0. The number of hydrogen-bond acceptors (Lipinski definition) is 3. The number of imide groups is 1. The minimum Gasteiger partial charge on any atom is -0.366 e. The summed E-state index contributed by atoms with van der Waals surface area (Å²) in [6.07, 6.45) is 1.06. The average molecular weight is 447 g/mol. The minimum atomic E-state index is -0.467. The highest BCUT2D eigenvalue weighted by atomic mass is 35.5. The first-order valence-corrected chi connectivity index (χ1v) is 10.6. The van der Waals surface area contributed by atoms with E-state index < -0.39 is 17.6 Å². The van der Waals surface area contributed by atoms with E-state index in [9.17, 15) is 14.0 Å². The summed E-state index contributed by atoms with van der Waals surface area (Å²) in [5.41, 5.74) is 1.44. The quantitative estimate of drug-likeness (QED) is 0.592. The molecule has 0 saturated carbocycles. The van der Waals surface area contributed by atoms with Crippen LogP contribution in [0, 0.1) is 17.7 Å². The topological polar surface area (TPSA) is 40.6 Å². The number of amides is 2. The van der Waals surface area contributed by atoms with Crippen LogP contribution in [0.3, 0.4) is 0 Å². The van der Waals surface area contributed by atoms with Gasteiger partial charge in [-0.25, -0.2) is 9.29 Å². The van der Waals surface area contributed by atoms with E-state index >= 15 is 0 Å². The Bertz CT molecular complexity index is 1020. The van der Waals surface area contributed by atoms with Crippen molar-refractivity contribution in [2.75, 3.05) is 18.0 Å². The van der Waals surface area contributed by atoms with E-state index in [0.717, 1.165) is 11.3 Å². The van der Waals surface area contributed by atoms with Crippen LogP contribution in [0.25, 0.3) is 5.57 Å². The molecule has 0 radical (unpaired) electrons. The number of halogens is 3. The van der Waals surface area contributed by atoms with Gasteiger partial charge in [-0.05, 0) is 54.2 Å². The zero-order chi connectivity index (χ0) is 21.6. The van der Waals surface area contributed by atoms with E-state index in [1.54, 1.807) is 6.07 Å². The molecular weight excluding hydrogens is 426 g/mol. The van der Waals surface area contributed by atoms with Gasteiger partial charge >= 0.3 is 0 Å². The molecule has 156 valence electrons. The molecule has 0 bridgehead atoms. The van der Waals surface area contributed by atoms with E-state index in [1.807, 2.05) is 4.90 Å². The first-order chi connectivity index (χ1) is 14.2. The van der Waals surface area contributed by atoms with E-state index in [1.165, 1.54) is 36.4 Å². The first-order valence-electron chi connectivity index (χ1n) is 9.84. The van der Waals surface area contributed by atoms with E-state index in [0.29, 0.717) is 51.9 Å². The van der Waals surface area contributed by atoms with Crippen molar-refractivity contribution in [3.05, 3.63) is 69.6 Å². The molecule has 2 unspecified atom stereocenters. The number of likely N-dealkylation sites (tertiary alicyclic amines) is 1. The molecule has 2 aromatic carbocycles. The molecule has 2 aromatic rings. The molecule has 2 amide bonds. The monoisotopic (exact) mass is 446 g/mol. The molecule has 2 aliphatic rings. The summed E-state index contributed by atoms with van der Waals surface area (Å²) in [6.45, 7) is 5.62. The van der Waals surface area contributed by atoms with Crippen LogP contribution in [-0.2, 0) is 9.59 Å². The number of benzene rings is 2. The van der Waals surface area contributed by atoms with Gasteiger partial charge in [0.2, 0.25) is 0 Å². The minimum absolute atomic E-state index is 0.275. The van der Waals surface area contributed by atoms with Gasteiger partial charge in [-0.3, -0.25) is 9.59 Å². The van der Waals surface area contributed by atoms with E-state index in [2.05, 4.69) is 13.8 Å². The summed E-state index contributed by atoms with van der Waals surface area (Å²) >= 11 is 12.2. The predicted molar refractivity (Wildman–Crippen MR) is 117 cm³/mol. The van der Waals surface area contributed by atoms with Gasteiger partial charge in [-0.2, -0.15) is 0 Å². The van der Waals surface area contributed by atoms with Gasteiger partial charge in [0.15, 0.2) is 0 Å². The summed E-state index contributed by atoms with van der Waals surface area (Å²) < 4.78 is 13.5. The SMILES string of the molecule is CC1CC(C)CN(C2=C(c3ccc(F)cc3)C(=O)N(c3cc(Cl)cc(Cl)c3)C2=O)C1. The Morgan fingerprint density at radius 2 is 1.47 bits per heavy atom. The number of nitrogens with zero attached hydrogens (tertiary/aromatic N) is 2. The predicted octanol–water partition coefficient (Wildman–Crippen LogP) is 5.39. The van der Waals surface area contributed by atoms with Crippen LogP contribution in [0.1, 0.15) is 25.8 Å². The molecular formula is C23H21Cl2FN2O2. The highest BCUT2D eigenvalue weighted by Gasteiger charge is 2.43. The number of carbonyl (C=O) groups excluding carboxylic acids is 2. The Balaban J connectivity index is 1.85. The van der Waals surface area contributed by atoms with Gasteiger partial charge in [0.25, 0.3) is 11.8 Å². The molecule has 1 fully saturated rings. The van der Waals surface area contributed by atoms with Crippen molar-refractivity contribution in [2.45, 2.75) is 20.3 Å². The molecule has 30 heavy (non-hydrogen) atoms. The number of anilines is 1. The van der Waals surface area contributed by atoms with Gasteiger partial charge in [0, 0.05) is 23.1 Å². The fourth-order valence-corrected chi connectivity index (χ4v) is 4.95. The van der Waals surface area contributed by atoms with Crippen molar-refractivity contribution in [1.82, 2.24) is 4.90 Å². The van der Waals surface area contributed by atoms with Crippen LogP contribution in [-0.4, -0.2) is 29.8 Å². The summed E-state index contributed by atoms with van der Waals surface area (Å²) in [5.74, 6) is -0.525. The van der Waals surface area contributed by atoms with Crippen molar-refractivity contribution in [2.24, 2.45) is 11.8 Å². The van der Waals surface area contributed by atoms with Crippen molar-refractivity contribution in [3.8, 4) is 0 Å². The molecule has 7 heteroatoms. The van der Waals surface area contributed by atoms with Gasteiger partial charge in [-0.15, -0.1) is 0 Å². The smallest absolute Gasteiger partial charge is 0.282 e. The molecule has 0 N–H and O–H groups in total. The zero-order valence-corrected chi connectivity index (χ0v) is 18.2. The highest BCUT2D eigenvalue weighted by Crippen LogP contribution is 2.38. The molecule has 2 atom stereocenters. The standard InChI is InChI=1S/C23H21Cl2FN2O2/c1-13-7-14(2)12-27(11-13)21-20(15-3-5-18(26)6-4-15)22(29)28(23(21)30)19-9-16(24)8-17(25)10-19/h3-6,8-10,13-14H,7,11-12H2,1-2H3. The van der Waals surface area contributed by atoms with Crippen LogP contribution in [0.4, 0.5) is 10.1 Å². The Morgan fingerprint density at radius 1 is 0.900 bits per heavy atom. The summed E-state index contributed by atoms with van der Waals surface area (Å²) in [4.78, 5) is 30.1. The second kappa shape index (κ2) is 8.05. The normalized spacial score (nSPS) is 22.3. The van der Waals surface area contributed by atoms with Gasteiger partial charge in [0.05, 0.1) is 11.3 Å². The maximum Gasteiger partial charge on any atom is 0.282 e. The van der Waals surface area contributed by atoms with Crippen molar-refractivity contribution < 1.29 is 14.0 Å². The van der Waals surface area contributed by atoms with E-state index in [-0.39, 0.29) is 5.57 Å². The number of carbonyl (C=O) groups is 2. The molecule has 0 spiro atoms. The Hall–Kier alpha value is -2.37. The third-order valence-electron chi connectivity index (χ3n) is 5.48. The fourth-order valence-electron chi connectivity index (χ4n) is 4.44. The maximum atomic E-state index is 13.5. The summed E-state index contributed by atoms with van der Waals surface area (Å²) in [5, 5.41) is 0.658. The van der Waals surface area contributed by atoms with Crippen LogP contribution in [0.15, 0.2) is 48.2 Å². The third-order valence-corrected chi connectivity index (χ3v) is 5.92. The largest absolute Gasteiger partial charge is 0.366 e. The summed E-state index contributed by atoms with van der Waals surface area (Å²) in [6, 6.07) is 10.3. The van der Waals surface area contributed by atoms with Crippen LogP contribution >= 0.6 is 23.2 Å². The van der Waals surface area contributed by atoms with Crippen molar-refractivity contribution >= 4 is 46.3 Å². The van der Waals surface area contributed by atoms with E-state index in [4.69, 9.17) is 23.2 Å². The zero-order valence-electron chi connectivity index (χ0n) is 16.7. The molecule has 2 heterocycles. The lowest BCUT2D eigenvalue weighted by Crippen LogP contribution is -2.42. The molecule has 0 aromatic heterocycles. The third kappa shape index (κ3) is 3.84. The highest BCUT2D eigenvalue weighted by molar-refractivity contribution is 6.46. The lowest BCUT2D eigenvalue weighted by atomic mass is 9.91. The lowest BCUT2D eigenvalue weighted by Gasteiger charge is -2.37. The average Bonchev–Trinajstić information content (AvgIpc) is 2.91. The second-order valence-corrected chi connectivity index (χ2v) is 9.03. The van der Waals surface area contributed by atoms with Gasteiger partial charge in [0.1, 0.15) is 11.5 Å². The fraction of sp³-hybridized carbons (Fsp3) is 0.304. The lowest BCUT2D eigenvalue weighted by molar-refractivity contribution is -0.120. The molecule has 4 rings (SSSR count). The molecule has 0 aliphatic carbocycles. The van der Waals surface area contributed by atoms with Crippen molar-refractivity contribution in [1.29, 1.82) is 0 Å². The maximum absolute atomic E-state index is 13.5. The number of piperidine rings is 1. The number of rotatable bonds is 3. The first kappa shape index (κ1) is 20.9.